The van der Waals surface area contributed by atoms with E-state index in [0.29, 0.717) is 19.4 Å². The standard InChI is InChI=1S/C27H36N2O4/c1-4-17(3)28-27(32)22-15-29-20(5-2)11-19-12-26(33-16-18-9-7-6-8-10-18)25(31)13-21(19)23(29)14-24(22)30/h6-7,9,14-15,17,20,25-26,31H,4-5,8,10-13,16H2,1-3H3,(H,28,32). The monoisotopic (exact) mass is 452 g/mol. The Labute approximate surface area is 196 Å². The summed E-state index contributed by atoms with van der Waals surface area (Å²) in [5, 5.41) is 13.8. The van der Waals surface area contributed by atoms with E-state index in [2.05, 4.69) is 35.0 Å². The number of carbonyl (C=O) groups excluding carboxylic acids is 1. The van der Waals surface area contributed by atoms with Gasteiger partial charge in [-0.2, -0.15) is 0 Å². The molecule has 0 aromatic carbocycles. The molecule has 6 nitrogen and oxygen atoms in total. The van der Waals surface area contributed by atoms with Crippen molar-refractivity contribution in [3.05, 3.63) is 63.1 Å². The van der Waals surface area contributed by atoms with E-state index in [9.17, 15) is 14.7 Å². The lowest BCUT2D eigenvalue weighted by atomic mass is 9.80. The van der Waals surface area contributed by atoms with Crippen molar-refractivity contribution in [1.82, 2.24) is 9.88 Å². The van der Waals surface area contributed by atoms with Gasteiger partial charge in [0.05, 0.1) is 18.8 Å². The molecule has 2 heterocycles. The number of aliphatic hydroxyl groups excluding tert-OH is 1. The molecular formula is C27H36N2O4. The van der Waals surface area contributed by atoms with Crippen LogP contribution in [0.1, 0.15) is 87.8 Å². The highest BCUT2D eigenvalue weighted by molar-refractivity contribution is 5.94. The number of nitrogens with one attached hydrogen (secondary N) is 1. The maximum atomic E-state index is 12.9. The number of ether oxygens (including phenoxy) is 1. The first-order chi connectivity index (χ1) is 15.9. The fraction of sp³-hybridized carbons (Fsp3) is 0.556. The Kier molecular flexibility index (Phi) is 7.35. The van der Waals surface area contributed by atoms with Crippen molar-refractivity contribution in [2.24, 2.45) is 0 Å². The lowest BCUT2D eigenvalue weighted by Crippen LogP contribution is -2.38. The van der Waals surface area contributed by atoms with Crippen LogP contribution in [0, 0.1) is 0 Å². The van der Waals surface area contributed by atoms with E-state index in [0.717, 1.165) is 43.4 Å². The number of allylic oxidation sites excluding steroid dienone is 3. The number of pyridine rings is 1. The van der Waals surface area contributed by atoms with Crippen molar-refractivity contribution in [3.63, 3.8) is 0 Å². The number of rotatable bonds is 7. The molecule has 6 heteroatoms. The lowest BCUT2D eigenvalue weighted by Gasteiger charge is -2.39. The topological polar surface area (TPSA) is 80.6 Å². The van der Waals surface area contributed by atoms with Crippen LogP contribution in [0.5, 0.6) is 0 Å². The van der Waals surface area contributed by atoms with Gasteiger partial charge in [0.1, 0.15) is 5.56 Å². The van der Waals surface area contributed by atoms with Gasteiger partial charge in [-0.25, -0.2) is 0 Å². The van der Waals surface area contributed by atoms with Crippen molar-refractivity contribution in [1.29, 1.82) is 0 Å². The number of hydrogen-bond acceptors (Lipinski definition) is 4. The van der Waals surface area contributed by atoms with Gasteiger partial charge in [-0.05, 0) is 56.6 Å². The summed E-state index contributed by atoms with van der Waals surface area (Å²) in [4.78, 5) is 25.6. The fourth-order valence-corrected chi connectivity index (χ4v) is 5.03. The maximum absolute atomic E-state index is 12.9. The molecule has 4 unspecified atom stereocenters. The Morgan fingerprint density at radius 3 is 2.82 bits per heavy atom. The number of fused-ring (bicyclic) bond motifs is 2. The van der Waals surface area contributed by atoms with Gasteiger partial charge >= 0.3 is 0 Å². The Hall–Kier alpha value is -2.44. The van der Waals surface area contributed by atoms with Crippen molar-refractivity contribution < 1.29 is 14.6 Å². The fourth-order valence-electron chi connectivity index (χ4n) is 5.03. The van der Waals surface area contributed by atoms with Gasteiger partial charge in [-0.3, -0.25) is 9.59 Å². The zero-order valence-electron chi connectivity index (χ0n) is 20.0. The van der Waals surface area contributed by atoms with E-state index in [-0.39, 0.29) is 35.1 Å². The van der Waals surface area contributed by atoms with Gasteiger partial charge in [0.25, 0.3) is 5.91 Å². The summed E-state index contributed by atoms with van der Waals surface area (Å²) in [5.41, 5.74) is 4.33. The molecule has 3 aliphatic rings. The zero-order chi connectivity index (χ0) is 23.5. The van der Waals surface area contributed by atoms with Gasteiger partial charge in [0.2, 0.25) is 0 Å². The van der Waals surface area contributed by atoms with Crippen molar-refractivity contribution in [3.8, 4) is 0 Å². The molecule has 0 fully saturated rings. The Morgan fingerprint density at radius 1 is 1.30 bits per heavy atom. The Balaban J connectivity index is 1.59. The van der Waals surface area contributed by atoms with E-state index >= 15 is 0 Å². The van der Waals surface area contributed by atoms with E-state index in [1.54, 1.807) is 12.3 Å². The molecule has 2 N–H and O–H groups in total. The number of aromatic nitrogens is 1. The minimum absolute atomic E-state index is 0.0139. The summed E-state index contributed by atoms with van der Waals surface area (Å²) < 4.78 is 8.24. The quantitative estimate of drug-likeness (QED) is 0.646. The smallest absolute Gasteiger partial charge is 0.256 e. The van der Waals surface area contributed by atoms with Gasteiger partial charge in [-0.15, -0.1) is 0 Å². The lowest BCUT2D eigenvalue weighted by molar-refractivity contribution is -0.0308. The first-order valence-corrected chi connectivity index (χ1v) is 12.3. The third-order valence-corrected chi connectivity index (χ3v) is 7.27. The zero-order valence-corrected chi connectivity index (χ0v) is 20.0. The average molecular weight is 453 g/mol. The molecule has 0 bridgehead atoms. The molecule has 4 rings (SSSR count). The van der Waals surface area contributed by atoms with Crippen LogP contribution >= 0.6 is 0 Å². The molecule has 0 saturated carbocycles. The highest BCUT2D eigenvalue weighted by atomic mass is 16.5. The summed E-state index contributed by atoms with van der Waals surface area (Å²) >= 11 is 0. The highest BCUT2D eigenvalue weighted by Gasteiger charge is 2.35. The molecule has 178 valence electrons. The third-order valence-electron chi connectivity index (χ3n) is 7.27. The van der Waals surface area contributed by atoms with E-state index in [4.69, 9.17) is 4.74 Å². The molecule has 1 aromatic rings. The summed E-state index contributed by atoms with van der Waals surface area (Å²) in [5.74, 6) is -0.316. The van der Waals surface area contributed by atoms with Crippen LogP contribution in [-0.4, -0.2) is 40.4 Å². The summed E-state index contributed by atoms with van der Waals surface area (Å²) in [6, 6.07) is 1.78. The van der Waals surface area contributed by atoms with E-state index in [1.807, 2.05) is 13.8 Å². The van der Waals surface area contributed by atoms with Crippen LogP contribution in [0.15, 0.2) is 46.4 Å². The van der Waals surface area contributed by atoms with Gasteiger partial charge in [0.15, 0.2) is 5.43 Å². The van der Waals surface area contributed by atoms with Gasteiger partial charge in [0, 0.05) is 36.5 Å². The molecule has 1 aliphatic heterocycles. The molecule has 0 spiro atoms. The molecule has 1 amide bonds. The second kappa shape index (κ2) is 10.2. The SMILES string of the molecule is CCC(C)NC(=O)c1cn2c(cc1=O)C1=C(CC(OCC3=CC=CCC3)C(O)C1)CC2CC. The largest absolute Gasteiger partial charge is 0.390 e. The minimum atomic E-state index is -0.612. The highest BCUT2D eigenvalue weighted by Crippen LogP contribution is 2.43. The Morgan fingerprint density at radius 2 is 2.12 bits per heavy atom. The minimum Gasteiger partial charge on any atom is -0.390 e. The van der Waals surface area contributed by atoms with Crippen LogP contribution in [0.2, 0.25) is 0 Å². The predicted molar refractivity (Wildman–Crippen MR) is 130 cm³/mol. The molecule has 0 radical (unpaired) electrons. The van der Waals surface area contributed by atoms with Crippen LogP contribution in [0.4, 0.5) is 0 Å². The van der Waals surface area contributed by atoms with Crippen molar-refractivity contribution >= 4 is 11.5 Å². The molecular weight excluding hydrogens is 416 g/mol. The average Bonchev–Trinajstić information content (AvgIpc) is 2.82. The summed E-state index contributed by atoms with van der Waals surface area (Å²) in [6.45, 7) is 6.62. The van der Waals surface area contributed by atoms with Crippen LogP contribution < -0.4 is 10.7 Å². The second-order valence-corrected chi connectivity index (χ2v) is 9.59. The van der Waals surface area contributed by atoms with Crippen molar-refractivity contribution in [2.45, 2.75) is 90.0 Å². The Bertz CT molecular complexity index is 1050. The molecule has 1 aromatic heterocycles. The first-order valence-electron chi connectivity index (χ1n) is 12.3. The van der Waals surface area contributed by atoms with E-state index in [1.165, 1.54) is 11.1 Å². The number of aliphatic hydroxyl groups is 1. The second-order valence-electron chi connectivity index (χ2n) is 9.59. The van der Waals surface area contributed by atoms with Crippen molar-refractivity contribution in [2.75, 3.05) is 6.61 Å². The maximum Gasteiger partial charge on any atom is 0.256 e. The summed E-state index contributed by atoms with van der Waals surface area (Å²) in [6.07, 6.45) is 13.0. The number of nitrogens with zero attached hydrogens (tertiary/aromatic N) is 1. The van der Waals surface area contributed by atoms with Crippen LogP contribution in [0.25, 0.3) is 5.57 Å². The van der Waals surface area contributed by atoms with Gasteiger partial charge in [-0.1, -0.05) is 37.6 Å². The third kappa shape index (κ3) is 5.07. The molecule has 2 aliphatic carbocycles. The summed E-state index contributed by atoms with van der Waals surface area (Å²) in [7, 11) is 0. The molecule has 0 saturated heterocycles. The normalized spacial score (nSPS) is 25.2. The predicted octanol–water partition coefficient (Wildman–Crippen LogP) is 4.30. The number of carbonyl (C=O) groups is 1. The molecule has 4 atom stereocenters. The number of hydrogen-bond donors (Lipinski definition) is 2. The molecule has 33 heavy (non-hydrogen) atoms. The van der Waals surface area contributed by atoms with Crippen LogP contribution in [-0.2, 0) is 4.74 Å². The van der Waals surface area contributed by atoms with Crippen LogP contribution in [0.3, 0.4) is 0 Å². The number of amides is 1. The van der Waals surface area contributed by atoms with E-state index < -0.39 is 6.10 Å². The van der Waals surface area contributed by atoms with Gasteiger partial charge < -0.3 is 19.7 Å². The first kappa shape index (κ1) is 23.7.